The molecule has 0 saturated carbocycles. The van der Waals surface area contributed by atoms with Crippen LogP contribution in [0, 0.1) is 0 Å². The second-order valence-electron chi connectivity index (χ2n) is 7.74. The maximum Gasteiger partial charge on any atom is 0.289 e. The first-order valence-corrected chi connectivity index (χ1v) is 11.2. The maximum absolute atomic E-state index is 12.9. The Morgan fingerprint density at radius 2 is 1.96 bits per heavy atom. The Labute approximate surface area is 165 Å². The number of thioether (sulfide) groups is 1. The van der Waals surface area contributed by atoms with Crippen molar-refractivity contribution < 1.29 is 9.21 Å². The monoisotopic (exact) mass is 384 g/mol. The first kappa shape index (κ1) is 18.6. The van der Waals surface area contributed by atoms with Gasteiger partial charge in [0.1, 0.15) is 5.76 Å². The Balaban J connectivity index is 1.39. The Morgan fingerprint density at radius 3 is 2.67 bits per heavy atom. The summed E-state index contributed by atoms with van der Waals surface area (Å²) >= 11 is 1.70. The van der Waals surface area contributed by atoms with Crippen LogP contribution in [0.1, 0.15) is 40.3 Å². The van der Waals surface area contributed by atoms with Crippen LogP contribution in [-0.2, 0) is 18.6 Å². The van der Waals surface area contributed by atoms with E-state index in [0.717, 1.165) is 50.3 Å². The summed E-state index contributed by atoms with van der Waals surface area (Å²) in [7, 11) is 1.93. The van der Waals surface area contributed by atoms with Crippen molar-refractivity contribution in [2.75, 3.05) is 26.4 Å². The number of hydrogen-bond acceptors (Lipinski definition) is 4. The van der Waals surface area contributed by atoms with Gasteiger partial charge in [0, 0.05) is 25.7 Å². The third-order valence-corrected chi connectivity index (χ3v) is 6.57. The first-order chi connectivity index (χ1) is 13.2. The number of carbonyl (C=O) groups excluding carboxylic acids is 1. The van der Waals surface area contributed by atoms with Crippen LogP contribution in [-0.4, -0.2) is 54.2 Å². The van der Waals surface area contributed by atoms with Crippen LogP contribution >= 0.6 is 11.8 Å². The summed E-state index contributed by atoms with van der Waals surface area (Å²) in [6.07, 6.45) is 6.52. The lowest BCUT2D eigenvalue weighted by atomic mass is 10.0. The molecule has 0 spiro atoms. The van der Waals surface area contributed by atoms with Crippen LogP contribution in [0.2, 0.25) is 0 Å². The van der Waals surface area contributed by atoms with Crippen LogP contribution in [0.4, 0.5) is 0 Å². The van der Waals surface area contributed by atoms with Crippen LogP contribution in [0.15, 0.2) is 40.8 Å². The summed E-state index contributed by atoms with van der Waals surface area (Å²) in [5, 5.41) is 0. The molecule has 1 aliphatic heterocycles. The molecule has 4 rings (SSSR count). The van der Waals surface area contributed by atoms with Gasteiger partial charge in [0.15, 0.2) is 5.76 Å². The van der Waals surface area contributed by atoms with Crippen molar-refractivity contribution in [2.24, 2.45) is 0 Å². The van der Waals surface area contributed by atoms with Gasteiger partial charge in [-0.2, -0.15) is 11.8 Å². The molecule has 2 aliphatic rings. The molecule has 2 heterocycles. The fourth-order valence-corrected chi connectivity index (χ4v) is 4.92. The van der Waals surface area contributed by atoms with Crippen molar-refractivity contribution in [3.63, 3.8) is 0 Å². The van der Waals surface area contributed by atoms with Crippen LogP contribution in [0.5, 0.6) is 0 Å². The van der Waals surface area contributed by atoms with E-state index < -0.39 is 0 Å². The molecule has 5 heteroatoms. The third kappa shape index (κ3) is 3.94. The van der Waals surface area contributed by atoms with E-state index in [1.807, 2.05) is 30.3 Å². The smallest absolute Gasteiger partial charge is 0.289 e. The lowest BCUT2D eigenvalue weighted by molar-refractivity contribution is 0.0527. The van der Waals surface area contributed by atoms with Crippen molar-refractivity contribution >= 4 is 17.7 Å². The van der Waals surface area contributed by atoms with Gasteiger partial charge in [-0.05, 0) is 61.7 Å². The molecule has 144 valence electrons. The topological polar surface area (TPSA) is 36.7 Å². The average molecular weight is 385 g/mol. The average Bonchev–Trinajstić information content (AvgIpc) is 3.34. The number of fused-ring (bicyclic) bond motifs is 1. The largest absolute Gasteiger partial charge is 0.455 e. The molecule has 0 N–H and O–H groups in total. The second kappa shape index (κ2) is 8.11. The lowest BCUT2D eigenvalue weighted by Gasteiger charge is -2.40. The zero-order chi connectivity index (χ0) is 18.8. The van der Waals surface area contributed by atoms with Crippen molar-refractivity contribution in [1.29, 1.82) is 0 Å². The number of hydrogen-bond donors (Lipinski definition) is 0. The number of rotatable bonds is 5. The number of likely N-dealkylation sites (N-methyl/N-ethyl adjacent to an activating group) is 1. The van der Waals surface area contributed by atoms with Crippen molar-refractivity contribution in [1.82, 2.24) is 9.80 Å². The van der Waals surface area contributed by atoms with E-state index in [0.29, 0.717) is 11.8 Å². The quantitative estimate of drug-likeness (QED) is 0.785. The highest BCUT2D eigenvalue weighted by atomic mass is 32.2. The molecule has 4 nitrogen and oxygen atoms in total. The predicted octanol–water partition coefficient (Wildman–Crippen LogP) is 3.85. The summed E-state index contributed by atoms with van der Waals surface area (Å²) < 4.78 is 5.74. The standard InChI is InChI=1S/C22H28N2O2S/c1-23(22(25)21-10-9-20(26-21)15-27-2)18-8-5-11-24(14-18)19-12-16-6-3-4-7-17(16)13-19/h3-4,6-7,9-10,18-19H,5,8,11-15H2,1-2H3/t18-/m0/s1. The minimum Gasteiger partial charge on any atom is -0.455 e. The Morgan fingerprint density at radius 1 is 1.22 bits per heavy atom. The van der Waals surface area contributed by atoms with E-state index >= 15 is 0 Å². The highest BCUT2D eigenvalue weighted by Gasteiger charge is 2.33. The van der Waals surface area contributed by atoms with Gasteiger partial charge in [0.05, 0.1) is 5.75 Å². The molecular weight excluding hydrogens is 356 g/mol. The maximum atomic E-state index is 12.9. The molecule has 27 heavy (non-hydrogen) atoms. The molecule has 1 aliphatic carbocycles. The molecule has 0 bridgehead atoms. The minimum absolute atomic E-state index is 0.00362. The van der Waals surface area contributed by atoms with E-state index in [2.05, 4.69) is 29.2 Å². The zero-order valence-corrected chi connectivity index (χ0v) is 17.0. The van der Waals surface area contributed by atoms with Crippen LogP contribution in [0.25, 0.3) is 0 Å². The lowest BCUT2D eigenvalue weighted by Crippen LogP contribution is -2.51. The molecule has 1 amide bonds. The number of benzene rings is 1. The predicted molar refractivity (Wildman–Crippen MR) is 110 cm³/mol. The fourth-order valence-electron chi connectivity index (χ4n) is 4.48. The number of nitrogens with zero attached hydrogens (tertiary/aromatic N) is 2. The highest BCUT2D eigenvalue weighted by molar-refractivity contribution is 7.97. The summed E-state index contributed by atoms with van der Waals surface area (Å²) in [6, 6.07) is 13.4. The molecule has 1 fully saturated rings. The number of amides is 1. The molecule has 1 aromatic carbocycles. The van der Waals surface area contributed by atoms with Gasteiger partial charge in [-0.1, -0.05) is 24.3 Å². The Kier molecular flexibility index (Phi) is 5.60. The number of piperidine rings is 1. The molecule has 1 aromatic heterocycles. The number of furan rings is 1. The Bertz CT molecular complexity index is 778. The fraction of sp³-hybridized carbons (Fsp3) is 0.500. The van der Waals surface area contributed by atoms with E-state index in [1.54, 1.807) is 11.8 Å². The van der Waals surface area contributed by atoms with E-state index in [9.17, 15) is 4.79 Å². The molecule has 0 unspecified atom stereocenters. The number of carbonyl (C=O) groups is 1. The summed E-state index contributed by atoms with van der Waals surface area (Å²) in [5.74, 6) is 2.14. The summed E-state index contributed by atoms with van der Waals surface area (Å²) in [5.41, 5.74) is 2.98. The Hall–Kier alpha value is -1.72. The van der Waals surface area contributed by atoms with Gasteiger partial charge >= 0.3 is 0 Å². The molecular formula is C22H28N2O2S. The SMILES string of the molecule is CSCc1ccc(C(=O)N(C)[C@H]2CCCN(C3Cc4ccccc4C3)C2)o1. The van der Waals surface area contributed by atoms with Gasteiger partial charge in [-0.3, -0.25) is 9.69 Å². The minimum atomic E-state index is 0.00362. The third-order valence-electron chi connectivity index (χ3n) is 6.00. The van der Waals surface area contributed by atoms with Crippen molar-refractivity contribution in [3.8, 4) is 0 Å². The van der Waals surface area contributed by atoms with Crippen LogP contribution in [0.3, 0.4) is 0 Å². The van der Waals surface area contributed by atoms with Gasteiger partial charge in [-0.25, -0.2) is 0 Å². The molecule has 1 saturated heterocycles. The van der Waals surface area contributed by atoms with Gasteiger partial charge in [0.2, 0.25) is 0 Å². The van der Waals surface area contributed by atoms with E-state index in [4.69, 9.17) is 4.42 Å². The normalized spacial score (nSPS) is 20.6. The summed E-state index contributed by atoms with van der Waals surface area (Å²) in [6.45, 7) is 2.09. The molecule has 1 atom stereocenters. The van der Waals surface area contributed by atoms with E-state index in [1.165, 1.54) is 11.1 Å². The first-order valence-electron chi connectivity index (χ1n) is 9.81. The zero-order valence-electron chi connectivity index (χ0n) is 16.2. The van der Waals surface area contributed by atoms with Crippen molar-refractivity contribution in [3.05, 3.63) is 59.0 Å². The van der Waals surface area contributed by atoms with Crippen LogP contribution < -0.4 is 0 Å². The van der Waals surface area contributed by atoms with Gasteiger partial charge in [0.25, 0.3) is 5.91 Å². The highest BCUT2D eigenvalue weighted by Crippen LogP contribution is 2.28. The van der Waals surface area contributed by atoms with E-state index in [-0.39, 0.29) is 11.9 Å². The van der Waals surface area contributed by atoms with Gasteiger partial charge in [-0.15, -0.1) is 0 Å². The number of likely N-dealkylation sites (tertiary alicyclic amines) is 1. The van der Waals surface area contributed by atoms with Gasteiger partial charge < -0.3 is 9.32 Å². The van der Waals surface area contributed by atoms with Crippen molar-refractivity contribution in [2.45, 2.75) is 43.5 Å². The second-order valence-corrected chi connectivity index (χ2v) is 8.60. The summed E-state index contributed by atoms with van der Waals surface area (Å²) in [4.78, 5) is 17.4. The molecule has 0 radical (unpaired) electrons. The molecule has 2 aromatic rings.